The number of fused-ring (bicyclic) bond motifs is 15. The molecule has 33 nitrogen and oxygen atoms in total. The molecule has 0 aliphatic carbocycles. The summed E-state index contributed by atoms with van der Waals surface area (Å²) in [5, 5.41) is 123. The molecule has 548 valence electrons. The number of nitrogens with two attached hydrogens (primary N) is 2. The fourth-order valence-corrected chi connectivity index (χ4v) is 13.1. The Balaban J connectivity index is 1.24. The number of nitrogens with one attached hydrogen (secondary N) is 8. The van der Waals surface area contributed by atoms with Crippen molar-refractivity contribution in [3.63, 3.8) is 0 Å². The first kappa shape index (κ1) is 75.5. The second-order valence-electron chi connectivity index (χ2n) is 26.0. The number of benzene rings is 5. The molecule has 18 atom stereocenters. The fourth-order valence-electron chi connectivity index (χ4n) is 12.6. The van der Waals surface area contributed by atoms with Gasteiger partial charge in [-0.2, -0.15) is 0 Å². The third-order valence-electron chi connectivity index (χ3n) is 18.0. The lowest BCUT2D eigenvalue weighted by molar-refractivity contribution is -0.333. The van der Waals surface area contributed by atoms with Gasteiger partial charge in [0.2, 0.25) is 59.3 Å². The van der Waals surface area contributed by atoms with Crippen LogP contribution in [0.1, 0.15) is 105 Å². The number of rotatable bonds is 13. The molecule has 0 saturated carbocycles. The number of phenolic OH excluding ortho intramolecular Hbond substituents is 3. The van der Waals surface area contributed by atoms with Crippen molar-refractivity contribution < 1.29 is 113 Å². The Morgan fingerprint density at radius 3 is 1.90 bits per heavy atom. The summed E-state index contributed by atoms with van der Waals surface area (Å²) in [4.78, 5) is 118. The smallest absolute Gasteiger partial charge is 0.248 e. The molecule has 21 N–H and O–H groups in total. The first-order valence-electron chi connectivity index (χ1n) is 32.1. The summed E-state index contributed by atoms with van der Waals surface area (Å²) in [7, 11) is 2.67. The molecule has 0 spiro atoms. The molecular weight excluding hydrogens is 1380 g/mol. The van der Waals surface area contributed by atoms with Gasteiger partial charge in [-0.15, -0.1) is 0 Å². The van der Waals surface area contributed by atoms with Gasteiger partial charge in [0.25, 0.3) is 0 Å². The van der Waals surface area contributed by atoms with Gasteiger partial charge >= 0.3 is 0 Å². The van der Waals surface area contributed by atoms with Gasteiger partial charge in [0.15, 0.2) is 23.9 Å². The topological polar surface area (TPSA) is 522 Å². The molecule has 2 fully saturated rings. The lowest BCUT2D eigenvalue weighted by atomic mass is 9.86. The van der Waals surface area contributed by atoms with Gasteiger partial charge in [-0.05, 0) is 116 Å². The molecule has 5 aromatic carbocycles. The predicted octanol–water partition coefficient (Wildman–Crippen LogP) is -0.232. The number of carbonyl (C=O) groups is 8. The Kier molecular flexibility index (Phi) is 22.8. The van der Waals surface area contributed by atoms with Crippen LogP contribution in [0.4, 0.5) is 0 Å². The summed E-state index contributed by atoms with van der Waals surface area (Å²) in [6.45, 7) is 5.69. The van der Waals surface area contributed by atoms with E-state index in [1.165, 1.54) is 46.1 Å². The number of aliphatic hydroxyl groups excluding tert-OH is 6. The number of ether oxygens (including phenoxy) is 6. The molecule has 35 heteroatoms. The summed E-state index contributed by atoms with van der Waals surface area (Å²) in [6.07, 6.45) is -18.4. The van der Waals surface area contributed by atoms with Crippen LogP contribution in [-0.2, 0) is 52.6 Å². The summed E-state index contributed by atoms with van der Waals surface area (Å²) >= 11 is 14.2. The number of amides is 8. The van der Waals surface area contributed by atoms with E-state index < -0.39 is 220 Å². The minimum absolute atomic E-state index is 0.0921. The maximum absolute atomic E-state index is 16.1. The normalized spacial score (nSPS) is 29.2. The third kappa shape index (κ3) is 15.9. The Labute approximate surface area is 591 Å². The van der Waals surface area contributed by atoms with Crippen LogP contribution in [0.2, 0.25) is 10.0 Å². The number of carbonyl (C=O) groups excluding carboxylic acids is 8. The van der Waals surface area contributed by atoms with Gasteiger partial charge in [0, 0.05) is 36.2 Å². The van der Waals surface area contributed by atoms with E-state index >= 15 is 19.2 Å². The standard InChI is InChI=1S/C67H78Cl2N10O23/c1-24(2)13-35(72-5)59(90)78-50-52(85)27-8-11-39(33(68)15-27)98-41-17-29-18-42(56(41)102-66-57(55(88)54(87)43(23-80)100-66)101-45-22-67(4,71)58(89)25(3)97-45)99-40-12-9-28(16-34(40)69)53(86)51-65(96)77-49(61(92)73-6)32-19-30(81)20-38(83)46(32)31-14-26(7-10-37(31)82)47(62(93)79-51)76-63(94)48(29)75-60(91)36(21-44(70)84)74-64(50)95/h7-12,14-20,24-25,35-36,43,45,47-55,57-58,66,72,80-83,85-89H,13,21-23,71H2,1-6H3,(H2,70,84)(H,73,92)(H,74,95)(H,75,91)(H,76,94)(H,77,96)(H,78,90)(H,79,93)/t25-,35+,36-,43+,45-,47+,48+,49-,50?,51-,52+,53+,54+,55-,57+,58+,66-,67-/m0/s1. The Bertz CT molecular complexity index is 4100. The zero-order chi connectivity index (χ0) is 74.2. The van der Waals surface area contributed by atoms with Gasteiger partial charge in [-0.25, -0.2) is 0 Å². The van der Waals surface area contributed by atoms with Crippen molar-refractivity contribution in [2.75, 3.05) is 20.7 Å². The molecule has 12 rings (SSSR count). The van der Waals surface area contributed by atoms with Crippen LogP contribution in [0, 0.1) is 5.92 Å². The quantitative estimate of drug-likeness (QED) is 0.0724. The van der Waals surface area contributed by atoms with Crippen molar-refractivity contribution in [3.05, 3.63) is 117 Å². The van der Waals surface area contributed by atoms with Crippen molar-refractivity contribution in [3.8, 4) is 57.1 Å². The number of likely N-dealkylation sites (N-methyl/N-ethyl adjacent to an activating group) is 2. The van der Waals surface area contributed by atoms with Gasteiger partial charge in [0.05, 0.1) is 41.3 Å². The van der Waals surface area contributed by atoms with E-state index in [-0.39, 0.29) is 63.1 Å². The highest BCUT2D eigenvalue weighted by Crippen LogP contribution is 2.50. The molecule has 7 aliphatic heterocycles. The van der Waals surface area contributed by atoms with Gasteiger partial charge in [-0.3, -0.25) is 38.4 Å². The average Bonchev–Trinajstić information content (AvgIpc) is 0.767. The van der Waals surface area contributed by atoms with Crippen LogP contribution < -0.4 is 68.2 Å². The SMILES string of the molecule is CNC(=O)[C@H]1NC(=O)[C@H]2NC(=O)[C@H](NC(=O)[C@@H]3NC(=O)[C@H](CC(N)=O)NC(=O)C(NC(=O)[C@@H](CC(C)C)NC)[C@H](O)c4ccc(c(Cl)c4)Oc4cc3cc(c4O[C@@H]3O[C@H](CO)[C@@H](O)[C@H](O)[C@H]3O[C@H]3C[C@](C)(N)[C@H](O)[C@H](C)O3)Oc3ccc(cc3Cl)[C@H]2O)c2ccc(O)c(c2)-c2c(O)cc(O)cc21. The average molecular weight is 1460 g/mol. The van der Waals surface area contributed by atoms with Crippen LogP contribution >= 0.6 is 23.2 Å². The molecule has 1 unspecified atom stereocenters. The second kappa shape index (κ2) is 30.8. The number of primary amides is 1. The summed E-state index contributed by atoms with van der Waals surface area (Å²) in [5.41, 5.74) is 8.59. The molecule has 102 heavy (non-hydrogen) atoms. The number of hydrogen-bond donors (Lipinski definition) is 19. The van der Waals surface area contributed by atoms with E-state index in [0.29, 0.717) is 0 Å². The fraction of sp³-hybridized carbons (Fsp3) is 0.433. The van der Waals surface area contributed by atoms with Gasteiger partial charge in [0.1, 0.15) is 95.5 Å². The molecule has 5 aromatic rings. The zero-order valence-electron chi connectivity index (χ0n) is 55.4. The number of aromatic hydroxyl groups is 3. The summed E-state index contributed by atoms with van der Waals surface area (Å²) in [5.74, 6) is -14.6. The van der Waals surface area contributed by atoms with E-state index in [0.717, 1.165) is 60.7 Å². The number of halogens is 2. The van der Waals surface area contributed by atoms with E-state index in [1.54, 1.807) is 0 Å². The largest absolute Gasteiger partial charge is 0.508 e. The molecular formula is C67H78Cl2N10O23. The van der Waals surface area contributed by atoms with Gasteiger partial charge in [-0.1, -0.05) is 55.2 Å². The van der Waals surface area contributed by atoms with Crippen molar-refractivity contribution in [2.45, 2.75) is 156 Å². The minimum atomic E-state index is -2.32. The Hall–Kier alpha value is -9.20. The second-order valence-corrected chi connectivity index (χ2v) is 26.8. The summed E-state index contributed by atoms with van der Waals surface area (Å²) in [6, 6.07) is 0.406. The molecule has 8 amide bonds. The molecule has 2 saturated heterocycles. The van der Waals surface area contributed by atoms with Crippen LogP contribution in [0.3, 0.4) is 0 Å². The molecule has 0 aromatic heterocycles. The molecule has 11 bridgehead atoms. The minimum Gasteiger partial charge on any atom is -0.508 e. The predicted molar refractivity (Wildman–Crippen MR) is 356 cm³/mol. The highest BCUT2D eigenvalue weighted by atomic mass is 35.5. The molecule has 0 radical (unpaired) electrons. The van der Waals surface area contributed by atoms with E-state index in [1.807, 2.05) is 13.8 Å². The highest BCUT2D eigenvalue weighted by Gasteiger charge is 2.51. The first-order chi connectivity index (χ1) is 48.2. The number of phenols is 3. The van der Waals surface area contributed by atoms with Gasteiger partial charge < -0.3 is 128 Å². The van der Waals surface area contributed by atoms with Crippen LogP contribution in [0.15, 0.2) is 78.9 Å². The van der Waals surface area contributed by atoms with Crippen LogP contribution in [-0.4, -0.2) is 193 Å². The molecule has 7 aliphatic rings. The van der Waals surface area contributed by atoms with Crippen LogP contribution in [0.25, 0.3) is 11.1 Å². The third-order valence-corrected chi connectivity index (χ3v) is 18.6. The van der Waals surface area contributed by atoms with E-state index in [4.69, 9.17) is 63.1 Å². The maximum atomic E-state index is 16.1. The van der Waals surface area contributed by atoms with E-state index in [2.05, 4.69) is 42.5 Å². The zero-order valence-corrected chi connectivity index (χ0v) is 56.9. The lowest BCUT2D eigenvalue weighted by Crippen LogP contribution is -2.64. The Morgan fingerprint density at radius 1 is 0.706 bits per heavy atom. The maximum Gasteiger partial charge on any atom is 0.248 e. The van der Waals surface area contributed by atoms with Crippen molar-refractivity contribution in [2.24, 2.45) is 17.4 Å². The Morgan fingerprint density at radius 2 is 1.31 bits per heavy atom. The van der Waals surface area contributed by atoms with Crippen molar-refractivity contribution in [1.82, 2.24) is 42.5 Å². The van der Waals surface area contributed by atoms with Crippen molar-refractivity contribution in [1.29, 1.82) is 0 Å². The monoisotopic (exact) mass is 1460 g/mol. The number of aliphatic hydroxyl groups is 6. The van der Waals surface area contributed by atoms with Crippen molar-refractivity contribution >= 4 is 70.5 Å². The lowest BCUT2D eigenvalue weighted by Gasteiger charge is -2.47. The highest BCUT2D eigenvalue weighted by molar-refractivity contribution is 6.32. The van der Waals surface area contributed by atoms with E-state index in [9.17, 15) is 65.1 Å². The summed E-state index contributed by atoms with van der Waals surface area (Å²) < 4.78 is 38.4. The first-order valence-corrected chi connectivity index (χ1v) is 32.9. The number of hydrogen-bond acceptors (Lipinski definition) is 25. The molecule has 7 heterocycles. The van der Waals surface area contributed by atoms with Crippen LogP contribution in [0.5, 0.6) is 46.0 Å².